The summed E-state index contributed by atoms with van der Waals surface area (Å²) in [5.74, 6) is -1.14. The van der Waals surface area contributed by atoms with Gasteiger partial charge in [0.25, 0.3) is 0 Å². The van der Waals surface area contributed by atoms with Gasteiger partial charge in [-0.05, 0) is 18.2 Å². The molecule has 0 amide bonds. The van der Waals surface area contributed by atoms with Crippen molar-refractivity contribution in [2.75, 3.05) is 0 Å². The fourth-order valence-electron chi connectivity index (χ4n) is 2.39. The molecule has 0 bridgehead atoms. The van der Waals surface area contributed by atoms with Gasteiger partial charge in [-0.3, -0.25) is 0 Å². The molecule has 0 atom stereocenters. The van der Waals surface area contributed by atoms with Gasteiger partial charge in [-0.1, -0.05) is 30.3 Å². The number of hydrogen-bond donors (Lipinski definition) is 1. The van der Waals surface area contributed by atoms with Crippen LogP contribution in [0.25, 0.3) is 31.8 Å². The molecular weight excluding hydrogens is 286 g/mol. The van der Waals surface area contributed by atoms with E-state index in [9.17, 15) is 9.90 Å². The van der Waals surface area contributed by atoms with E-state index in [0.29, 0.717) is 16.2 Å². The van der Waals surface area contributed by atoms with Crippen molar-refractivity contribution < 1.29 is 14.3 Å². The predicted octanol–water partition coefficient (Wildman–Crippen LogP) is 4.41. The molecule has 0 spiro atoms. The van der Waals surface area contributed by atoms with Crippen LogP contribution < -0.4 is 0 Å². The van der Waals surface area contributed by atoms with Gasteiger partial charge in [0.2, 0.25) is 5.76 Å². The zero-order chi connectivity index (χ0) is 14.4. The van der Waals surface area contributed by atoms with Crippen molar-refractivity contribution in [3.63, 3.8) is 0 Å². The van der Waals surface area contributed by atoms with Crippen LogP contribution in [0.2, 0.25) is 0 Å². The van der Waals surface area contributed by atoms with Crippen molar-refractivity contribution in [1.29, 1.82) is 0 Å². The molecule has 4 nitrogen and oxygen atoms in total. The van der Waals surface area contributed by atoms with Gasteiger partial charge in [-0.2, -0.15) is 0 Å². The van der Waals surface area contributed by atoms with E-state index < -0.39 is 5.97 Å². The third kappa shape index (κ3) is 1.82. The van der Waals surface area contributed by atoms with E-state index in [4.69, 9.17) is 4.42 Å². The summed E-state index contributed by atoms with van der Waals surface area (Å²) in [5.41, 5.74) is 1.97. The number of carboxylic acid groups (broad SMARTS) is 1. The van der Waals surface area contributed by atoms with Crippen LogP contribution in [0.5, 0.6) is 0 Å². The van der Waals surface area contributed by atoms with Gasteiger partial charge in [0, 0.05) is 5.39 Å². The lowest BCUT2D eigenvalue weighted by Crippen LogP contribution is -1.95. The summed E-state index contributed by atoms with van der Waals surface area (Å²) >= 11 is 1.47. The van der Waals surface area contributed by atoms with Crippen LogP contribution in [0.15, 0.2) is 52.9 Å². The number of nitrogens with zero attached hydrogens (tertiary/aromatic N) is 1. The van der Waals surface area contributed by atoms with E-state index in [0.717, 1.165) is 15.6 Å². The Morgan fingerprint density at radius 3 is 2.67 bits per heavy atom. The Labute approximate surface area is 123 Å². The maximum Gasteiger partial charge on any atom is 0.372 e. The minimum absolute atomic E-state index is 0.0599. The number of aromatic carboxylic acids is 1. The van der Waals surface area contributed by atoms with E-state index in [1.165, 1.54) is 11.3 Å². The standard InChI is InChI=1S/C16H9NO3S/c18-16(19)14-13(9-5-1-3-7-11(9)20-14)15-17-10-6-2-4-8-12(10)21-15/h1-8H,(H,18,19). The number of aromatic nitrogens is 1. The summed E-state index contributed by atoms with van der Waals surface area (Å²) in [6.45, 7) is 0. The normalized spacial score (nSPS) is 11.2. The molecule has 0 aliphatic rings. The van der Waals surface area contributed by atoms with E-state index >= 15 is 0 Å². The van der Waals surface area contributed by atoms with Crippen molar-refractivity contribution in [3.8, 4) is 10.6 Å². The molecule has 4 rings (SSSR count). The van der Waals surface area contributed by atoms with Gasteiger partial charge < -0.3 is 9.52 Å². The van der Waals surface area contributed by atoms with Crippen LogP contribution in [0.1, 0.15) is 10.6 Å². The SMILES string of the molecule is O=C(O)c1oc2ccccc2c1-c1nc2ccccc2s1. The number of furan rings is 1. The highest BCUT2D eigenvalue weighted by atomic mass is 32.1. The number of hydrogen-bond acceptors (Lipinski definition) is 4. The number of thiazole rings is 1. The monoisotopic (exact) mass is 295 g/mol. The van der Waals surface area contributed by atoms with E-state index in [2.05, 4.69) is 4.98 Å². The molecule has 0 saturated carbocycles. The van der Waals surface area contributed by atoms with Gasteiger partial charge in [0.15, 0.2) is 0 Å². The molecule has 5 heteroatoms. The molecule has 0 aliphatic carbocycles. The summed E-state index contributed by atoms with van der Waals surface area (Å²) in [6, 6.07) is 15.0. The lowest BCUT2D eigenvalue weighted by Gasteiger charge is -1.94. The number of rotatable bonds is 2. The molecule has 0 aliphatic heterocycles. The number of benzene rings is 2. The maximum atomic E-state index is 11.5. The van der Waals surface area contributed by atoms with Crippen LogP contribution in [-0.2, 0) is 0 Å². The van der Waals surface area contributed by atoms with Crippen LogP contribution in [0.3, 0.4) is 0 Å². The van der Waals surface area contributed by atoms with Crippen molar-refractivity contribution in [3.05, 3.63) is 54.3 Å². The molecule has 0 saturated heterocycles. The van der Waals surface area contributed by atoms with Gasteiger partial charge in [0.05, 0.1) is 15.8 Å². The lowest BCUT2D eigenvalue weighted by atomic mass is 10.1. The molecule has 0 radical (unpaired) electrons. The molecule has 4 aromatic rings. The van der Waals surface area contributed by atoms with Gasteiger partial charge in [0.1, 0.15) is 10.6 Å². The summed E-state index contributed by atoms with van der Waals surface area (Å²) in [4.78, 5) is 16.0. The van der Waals surface area contributed by atoms with E-state index in [-0.39, 0.29) is 5.76 Å². The predicted molar refractivity (Wildman–Crippen MR) is 81.8 cm³/mol. The second-order valence-electron chi connectivity index (χ2n) is 4.59. The topological polar surface area (TPSA) is 63.3 Å². The molecule has 0 unspecified atom stereocenters. The molecule has 21 heavy (non-hydrogen) atoms. The summed E-state index contributed by atoms with van der Waals surface area (Å²) in [7, 11) is 0. The fraction of sp³-hybridized carbons (Fsp3) is 0. The van der Waals surface area contributed by atoms with Crippen molar-refractivity contribution in [1.82, 2.24) is 4.98 Å². The van der Waals surface area contributed by atoms with Gasteiger partial charge in [-0.25, -0.2) is 9.78 Å². The number of carboxylic acids is 1. The van der Waals surface area contributed by atoms with Crippen molar-refractivity contribution in [2.45, 2.75) is 0 Å². The molecule has 2 aromatic carbocycles. The Hall–Kier alpha value is -2.66. The first-order valence-corrected chi connectivity index (χ1v) is 7.16. The fourth-order valence-corrected chi connectivity index (χ4v) is 3.41. The second kappa shape index (κ2) is 4.43. The van der Waals surface area contributed by atoms with Crippen molar-refractivity contribution >= 4 is 38.5 Å². The zero-order valence-corrected chi connectivity index (χ0v) is 11.6. The first-order valence-electron chi connectivity index (χ1n) is 6.35. The molecular formula is C16H9NO3S. The van der Waals surface area contributed by atoms with Crippen LogP contribution >= 0.6 is 11.3 Å². The zero-order valence-electron chi connectivity index (χ0n) is 10.7. The Balaban J connectivity index is 2.08. The Morgan fingerprint density at radius 2 is 1.86 bits per heavy atom. The summed E-state index contributed by atoms with van der Waals surface area (Å²) < 4.78 is 6.50. The highest BCUT2D eigenvalue weighted by Crippen LogP contribution is 2.38. The summed E-state index contributed by atoms with van der Waals surface area (Å²) in [6.07, 6.45) is 0. The van der Waals surface area contributed by atoms with Crippen LogP contribution in [0, 0.1) is 0 Å². The molecule has 1 N–H and O–H groups in total. The van der Waals surface area contributed by atoms with E-state index in [1.807, 2.05) is 42.5 Å². The Kier molecular flexibility index (Phi) is 2.55. The third-order valence-corrected chi connectivity index (χ3v) is 4.35. The summed E-state index contributed by atoms with van der Waals surface area (Å²) in [5, 5.41) is 10.8. The molecule has 2 aromatic heterocycles. The first kappa shape index (κ1) is 12.1. The molecule has 0 fully saturated rings. The van der Waals surface area contributed by atoms with Crippen LogP contribution in [-0.4, -0.2) is 16.1 Å². The average molecular weight is 295 g/mol. The molecule has 102 valence electrons. The Morgan fingerprint density at radius 1 is 1.10 bits per heavy atom. The highest BCUT2D eigenvalue weighted by molar-refractivity contribution is 7.21. The number of carbonyl (C=O) groups is 1. The number of fused-ring (bicyclic) bond motifs is 2. The maximum absolute atomic E-state index is 11.5. The lowest BCUT2D eigenvalue weighted by molar-refractivity contribution is 0.0666. The van der Waals surface area contributed by atoms with Crippen molar-refractivity contribution in [2.24, 2.45) is 0 Å². The van der Waals surface area contributed by atoms with Gasteiger partial charge >= 0.3 is 5.97 Å². The minimum atomic E-state index is -1.08. The average Bonchev–Trinajstić information content (AvgIpc) is 3.07. The quantitative estimate of drug-likeness (QED) is 0.595. The molecule has 2 heterocycles. The Bertz CT molecular complexity index is 950. The largest absolute Gasteiger partial charge is 0.475 e. The first-order chi connectivity index (χ1) is 10.2. The van der Waals surface area contributed by atoms with Crippen LogP contribution in [0.4, 0.5) is 0 Å². The van der Waals surface area contributed by atoms with E-state index in [1.54, 1.807) is 6.07 Å². The number of para-hydroxylation sites is 2. The van der Waals surface area contributed by atoms with Gasteiger partial charge in [-0.15, -0.1) is 11.3 Å². The smallest absolute Gasteiger partial charge is 0.372 e. The second-order valence-corrected chi connectivity index (χ2v) is 5.62. The highest BCUT2D eigenvalue weighted by Gasteiger charge is 2.23. The minimum Gasteiger partial charge on any atom is -0.475 e. The third-order valence-electron chi connectivity index (χ3n) is 3.30.